The number of rotatable bonds is 7. The third-order valence-electron chi connectivity index (χ3n) is 5.64. The van der Waals surface area contributed by atoms with Gasteiger partial charge in [-0.05, 0) is 41.0 Å². The van der Waals surface area contributed by atoms with Crippen molar-refractivity contribution in [2.75, 3.05) is 0 Å². The quantitative estimate of drug-likeness (QED) is 0.454. The molecule has 0 aliphatic carbocycles. The fourth-order valence-electron chi connectivity index (χ4n) is 3.61. The SMILES string of the molecule is CC[C@H](C)c1ccc([C@H](NC(=O)Cn2ncc3ccccc3c2=O)c2cccs2)cc1. The molecular formula is C25H25N3O2S. The number of nitrogens with zero attached hydrogens (tertiary/aromatic N) is 2. The lowest BCUT2D eigenvalue weighted by Gasteiger charge is -2.19. The maximum absolute atomic E-state index is 12.9. The van der Waals surface area contributed by atoms with Gasteiger partial charge in [-0.1, -0.05) is 62.4 Å². The molecule has 158 valence electrons. The molecule has 0 saturated heterocycles. The molecule has 2 atom stereocenters. The molecule has 0 fully saturated rings. The van der Waals surface area contributed by atoms with Crippen LogP contribution in [-0.4, -0.2) is 15.7 Å². The van der Waals surface area contributed by atoms with Gasteiger partial charge in [0, 0.05) is 10.3 Å². The number of fused-ring (bicyclic) bond motifs is 1. The Hall–Kier alpha value is -3.25. The van der Waals surface area contributed by atoms with Crippen LogP contribution in [0.5, 0.6) is 0 Å². The smallest absolute Gasteiger partial charge is 0.275 e. The van der Waals surface area contributed by atoms with Crippen LogP contribution in [0.4, 0.5) is 0 Å². The van der Waals surface area contributed by atoms with Crippen molar-refractivity contribution < 1.29 is 4.79 Å². The lowest BCUT2D eigenvalue weighted by Crippen LogP contribution is -2.35. The molecule has 0 aliphatic heterocycles. The number of carbonyl (C=O) groups is 1. The Labute approximate surface area is 185 Å². The van der Waals surface area contributed by atoms with Crippen LogP contribution in [0, 0.1) is 0 Å². The molecule has 0 spiro atoms. The second kappa shape index (κ2) is 9.27. The second-order valence-corrected chi connectivity index (χ2v) is 8.67. The summed E-state index contributed by atoms with van der Waals surface area (Å²) in [5, 5.41) is 10.6. The molecule has 0 saturated carbocycles. The number of carbonyl (C=O) groups excluding carboxylic acids is 1. The third-order valence-corrected chi connectivity index (χ3v) is 6.58. The number of amides is 1. The Morgan fingerprint density at radius 1 is 1.06 bits per heavy atom. The first-order valence-electron chi connectivity index (χ1n) is 10.4. The number of benzene rings is 2. The fraction of sp³-hybridized carbons (Fsp3) is 0.240. The molecule has 0 unspecified atom stereocenters. The van der Waals surface area contributed by atoms with Gasteiger partial charge >= 0.3 is 0 Å². The largest absolute Gasteiger partial charge is 0.343 e. The topological polar surface area (TPSA) is 64.0 Å². The van der Waals surface area contributed by atoms with Crippen molar-refractivity contribution in [2.24, 2.45) is 0 Å². The zero-order chi connectivity index (χ0) is 21.8. The third kappa shape index (κ3) is 4.59. The Morgan fingerprint density at radius 2 is 1.81 bits per heavy atom. The van der Waals surface area contributed by atoms with Gasteiger partial charge in [0.25, 0.3) is 5.56 Å². The Balaban J connectivity index is 1.57. The van der Waals surface area contributed by atoms with Crippen molar-refractivity contribution in [2.45, 2.75) is 38.8 Å². The van der Waals surface area contributed by atoms with Crippen molar-refractivity contribution in [1.82, 2.24) is 15.1 Å². The van der Waals surface area contributed by atoms with Crippen LogP contribution in [-0.2, 0) is 11.3 Å². The highest BCUT2D eigenvalue weighted by Gasteiger charge is 2.19. The average Bonchev–Trinajstić information content (AvgIpc) is 3.34. The van der Waals surface area contributed by atoms with Crippen LogP contribution in [0.15, 0.2) is 77.0 Å². The van der Waals surface area contributed by atoms with Crippen LogP contribution < -0.4 is 10.9 Å². The highest BCUT2D eigenvalue weighted by atomic mass is 32.1. The molecule has 1 amide bonds. The molecule has 6 heteroatoms. The zero-order valence-electron chi connectivity index (χ0n) is 17.6. The van der Waals surface area contributed by atoms with E-state index < -0.39 is 0 Å². The maximum Gasteiger partial charge on any atom is 0.275 e. The van der Waals surface area contributed by atoms with Gasteiger partial charge in [0.1, 0.15) is 6.54 Å². The van der Waals surface area contributed by atoms with Crippen molar-refractivity contribution in [3.05, 3.63) is 98.6 Å². The number of aromatic nitrogens is 2. The normalized spacial score (nSPS) is 13.1. The predicted octanol–water partition coefficient (Wildman–Crippen LogP) is 4.88. The molecule has 2 aromatic heterocycles. The Morgan fingerprint density at radius 3 is 2.52 bits per heavy atom. The van der Waals surface area contributed by atoms with Crippen LogP contribution in [0.1, 0.15) is 48.2 Å². The van der Waals surface area contributed by atoms with Gasteiger partial charge in [-0.2, -0.15) is 5.10 Å². The first-order valence-corrected chi connectivity index (χ1v) is 11.3. The lowest BCUT2D eigenvalue weighted by atomic mass is 9.95. The minimum Gasteiger partial charge on any atom is -0.343 e. The Bertz CT molecular complexity index is 1230. The molecular weight excluding hydrogens is 406 g/mol. The maximum atomic E-state index is 12.9. The van der Waals surface area contributed by atoms with Crippen molar-refractivity contribution in [1.29, 1.82) is 0 Å². The summed E-state index contributed by atoms with van der Waals surface area (Å²) in [6, 6.07) is 19.4. The van der Waals surface area contributed by atoms with Gasteiger partial charge in [-0.25, -0.2) is 4.68 Å². The van der Waals surface area contributed by atoms with Crippen LogP contribution >= 0.6 is 11.3 Å². The molecule has 0 radical (unpaired) electrons. The highest BCUT2D eigenvalue weighted by Crippen LogP contribution is 2.28. The van der Waals surface area contributed by atoms with Gasteiger partial charge in [-0.3, -0.25) is 9.59 Å². The minimum absolute atomic E-state index is 0.128. The molecule has 4 aromatic rings. The van der Waals surface area contributed by atoms with E-state index >= 15 is 0 Å². The summed E-state index contributed by atoms with van der Waals surface area (Å²) in [4.78, 5) is 26.6. The van der Waals surface area contributed by atoms with Crippen molar-refractivity contribution >= 4 is 28.0 Å². The average molecular weight is 432 g/mol. The van der Waals surface area contributed by atoms with Gasteiger partial charge in [0.05, 0.1) is 17.6 Å². The van der Waals surface area contributed by atoms with Crippen molar-refractivity contribution in [3.8, 4) is 0 Å². The molecule has 1 N–H and O–H groups in total. The first kappa shape index (κ1) is 21.0. The van der Waals surface area contributed by atoms with E-state index in [-0.39, 0.29) is 24.1 Å². The van der Waals surface area contributed by atoms with Crippen LogP contribution in [0.25, 0.3) is 10.8 Å². The standard InChI is InChI=1S/C25H25N3O2S/c1-3-17(2)18-10-12-19(13-11-18)24(22-9-6-14-31-22)27-23(29)16-28-25(30)21-8-5-4-7-20(21)15-26-28/h4-15,17,24H,3,16H2,1-2H3,(H,27,29)/t17-,24-/m0/s1. The molecule has 4 rings (SSSR count). The summed E-state index contributed by atoms with van der Waals surface area (Å²) >= 11 is 1.60. The lowest BCUT2D eigenvalue weighted by molar-refractivity contribution is -0.122. The van der Waals surface area contributed by atoms with E-state index in [1.54, 1.807) is 23.6 Å². The number of nitrogens with one attached hydrogen (secondary N) is 1. The zero-order valence-corrected chi connectivity index (χ0v) is 18.4. The number of thiophene rings is 1. The molecule has 2 heterocycles. The van der Waals surface area contributed by atoms with Crippen molar-refractivity contribution in [3.63, 3.8) is 0 Å². The molecule has 31 heavy (non-hydrogen) atoms. The van der Waals surface area contributed by atoms with E-state index in [9.17, 15) is 9.59 Å². The summed E-state index contributed by atoms with van der Waals surface area (Å²) in [6.45, 7) is 4.26. The van der Waals surface area contributed by atoms with E-state index in [1.165, 1.54) is 10.2 Å². The summed E-state index contributed by atoms with van der Waals surface area (Å²) in [6.07, 6.45) is 2.70. The molecule has 2 aromatic carbocycles. The number of hydrogen-bond donors (Lipinski definition) is 1. The highest BCUT2D eigenvalue weighted by molar-refractivity contribution is 7.10. The predicted molar refractivity (Wildman–Crippen MR) is 125 cm³/mol. The minimum atomic E-state index is -0.269. The summed E-state index contributed by atoms with van der Waals surface area (Å²) < 4.78 is 1.22. The summed E-state index contributed by atoms with van der Waals surface area (Å²) in [7, 11) is 0. The molecule has 5 nitrogen and oxygen atoms in total. The van der Waals surface area contributed by atoms with Crippen LogP contribution in [0.3, 0.4) is 0 Å². The van der Waals surface area contributed by atoms with Gasteiger partial charge < -0.3 is 5.32 Å². The van der Waals surface area contributed by atoms with E-state index in [1.807, 2.05) is 35.7 Å². The molecule has 0 bridgehead atoms. The van der Waals surface area contributed by atoms with Gasteiger partial charge in [-0.15, -0.1) is 11.3 Å². The summed E-state index contributed by atoms with van der Waals surface area (Å²) in [5.41, 5.74) is 2.04. The van der Waals surface area contributed by atoms with Crippen LogP contribution in [0.2, 0.25) is 0 Å². The van der Waals surface area contributed by atoms with E-state index in [4.69, 9.17) is 0 Å². The van der Waals surface area contributed by atoms with E-state index in [0.717, 1.165) is 22.2 Å². The van der Waals surface area contributed by atoms with E-state index in [0.29, 0.717) is 11.3 Å². The van der Waals surface area contributed by atoms with Gasteiger partial charge in [0.15, 0.2) is 0 Å². The number of hydrogen-bond acceptors (Lipinski definition) is 4. The second-order valence-electron chi connectivity index (χ2n) is 7.69. The summed E-state index contributed by atoms with van der Waals surface area (Å²) in [5.74, 6) is 0.240. The molecule has 0 aliphatic rings. The van der Waals surface area contributed by atoms with Gasteiger partial charge in [0.2, 0.25) is 5.91 Å². The fourth-order valence-corrected chi connectivity index (χ4v) is 4.41. The monoisotopic (exact) mass is 431 g/mol. The first-order chi connectivity index (χ1) is 15.1. The Kier molecular flexibility index (Phi) is 6.28. The van der Waals surface area contributed by atoms with E-state index in [2.05, 4.69) is 48.5 Å².